The standard InChI is InChI=1S/C12H16ClNO2S.C2H6/c1-10-11(13)6-5-7-12(10)17(15,16)14-8-3-2-4-9-14;1-2/h5-7H,2-4,8-9H2,1H3;1-2H3. The molecule has 0 aromatic heterocycles. The van der Waals surface area contributed by atoms with Crippen LogP contribution in [0.25, 0.3) is 0 Å². The minimum Gasteiger partial charge on any atom is -0.207 e. The molecule has 1 aliphatic heterocycles. The maximum atomic E-state index is 12.4. The molecule has 2 rings (SSSR count). The van der Waals surface area contributed by atoms with Crippen LogP contribution in [0.1, 0.15) is 38.7 Å². The zero-order valence-corrected chi connectivity index (χ0v) is 13.4. The molecule has 0 bridgehead atoms. The molecule has 1 saturated heterocycles. The SMILES string of the molecule is CC.Cc1c(Cl)cccc1S(=O)(=O)N1CCCCC1. The van der Waals surface area contributed by atoms with E-state index in [2.05, 4.69) is 0 Å². The lowest BCUT2D eigenvalue weighted by Crippen LogP contribution is -2.35. The fraction of sp³-hybridized carbons (Fsp3) is 0.571. The van der Waals surface area contributed by atoms with Gasteiger partial charge < -0.3 is 0 Å². The van der Waals surface area contributed by atoms with Crippen LogP contribution < -0.4 is 0 Å². The van der Waals surface area contributed by atoms with E-state index in [9.17, 15) is 8.42 Å². The Hall–Kier alpha value is -0.580. The first-order valence-electron chi connectivity index (χ1n) is 6.79. The summed E-state index contributed by atoms with van der Waals surface area (Å²) >= 11 is 5.98. The first-order chi connectivity index (χ1) is 9.03. The van der Waals surface area contributed by atoms with Crippen LogP contribution >= 0.6 is 11.6 Å². The Balaban J connectivity index is 0.000000861. The van der Waals surface area contributed by atoms with E-state index in [4.69, 9.17) is 11.6 Å². The molecule has 19 heavy (non-hydrogen) atoms. The first kappa shape index (κ1) is 16.5. The van der Waals surface area contributed by atoms with Crippen LogP contribution in [0, 0.1) is 6.92 Å². The van der Waals surface area contributed by atoms with E-state index < -0.39 is 10.0 Å². The number of nitrogens with zero attached hydrogens (tertiary/aromatic N) is 1. The quantitative estimate of drug-likeness (QED) is 0.832. The third-order valence-electron chi connectivity index (χ3n) is 3.15. The molecule has 1 aromatic carbocycles. The Morgan fingerprint density at radius 1 is 1.11 bits per heavy atom. The summed E-state index contributed by atoms with van der Waals surface area (Å²) < 4.78 is 26.4. The molecule has 0 aliphatic carbocycles. The fourth-order valence-electron chi connectivity index (χ4n) is 2.11. The maximum absolute atomic E-state index is 12.4. The van der Waals surface area contributed by atoms with Crippen LogP contribution in [-0.2, 0) is 10.0 Å². The van der Waals surface area contributed by atoms with Crippen molar-refractivity contribution in [3.05, 3.63) is 28.8 Å². The van der Waals surface area contributed by atoms with Gasteiger partial charge >= 0.3 is 0 Å². The summed E-state index contributed by atoms with van der Waals surface area (Å²) in [6.45, 7) is 6.99. The van der Waals surface area contributed by atoms with Crippen molar-refractivity contribution in [2.45, 2.75) is 44.9 Å². The van der Waals surface area contributed by atoms with Crippen LogP contribution in [0.3, 0.4) is 0 Å². The normalized spacial score (nSPS) is 16.6. The minimum atomic E-state index is -3.37. The van der Waals surface area contributed by atoms with Gasteiger partial charge in [-0.2, -0.15) is 4.31 Å². The highest BCUT2D eigenvalue weighted by Crippen LogP contribution is 2.27. The van der Waals surface area contributed by atoms with Crippen LogP contribution in [0.15, 0.2) is 23.1 Å². The van der Waals surface area contributed by atoms with Gasteiger partial charge in [0.05, 0.1) is 4.90 Å². The highest BCUT2D eigenvalue weighted by molar-refractivity contribution is 7.89. The summed E-state index contributed by atoms with van der Waals surface area (Å²) in [4.78, 5) is 0.340. The molecule has 3 nitrogen and oxygen atoms in total. The van der Waals surface area contributed by atoms with E-state index in [0.717, 1.165) is 19.3 Å². The van der Waals surface area contributed by atoms with E-state index in [1.807, 2.05) is 13.8 Å². The van der Waals surface area contributed by atoms with Crippen molar-refractivity contribution in [1.29, 1.82) is 0 Å². The molecule has 1 heterocycles. The number of sulfonamides is 1. The average Bonchev–Trinajstić information content (AvgIpc) is 2.45. The summed E-state index contributed by atoms with van der Waals surface area (Å²) in [7, 11) is -3.37. The van der Waals surface area contributed by atoms with Gasteiger partial charge in [0, 0.05) is 18.1 Å². The molecular formula is C14H22ClNO2S. The van der Waals surface area contributed by atoms with Gasteiger partial charge in [0.2, 0.25) is 10.0 Å². The van der Waals surface area contributed by atoms with E-state index in [1.165, 1.54) is 0 Å². The predicted molar refractivity (Wildman–Crippen MR) is 80.1 cm³/mol. The summed E-state index contributed by atoms with van der Waals surface area (Å²) in [5.74, 6) is 0. The molecule has 1 aromatic rings. The molecule has 0 N–H and O–H groups in total. The van der Waals surface area contributed by atoms with E-state index in [0.29, 0.717) is 28.6 Å². The van der Waals surface area contributed by atoms with E-state index >= 15 is 0 Å². The molecular weight excluding hydrogens is 282 g/mol. The van der Waals surface area contributed by atoms with Gasteiger partial charge in [0.25, 0.3) is 0 Å². The van der Waals surface area contributed by atoms with Crippen LogP contribution in [0.5, 0.6) is 0 Å². The molecule has 0 atom stereocenters. The lowest BCUT2D eigenvalue weighted by atomic mass is 10.2. The summed E-state index contributed by atoms with van der Waals surface area (Å²) in [5.41, 5.74) is 0.639. The summed E-state index contributed by atoms with van der Waals surface area (Å²) in [6.07, 6.45) is 3.00. The molecule has 1 fully saturated rings. The van der Waals surface area contributed by atoms with Crippen molar-refractivity contribution in [3.63, 3.8) is 0 Å². The second-order valence-electron chi connectivity index (χ2n) is 4.33. The smallest absolute Gasteiger partial charge is 0.207 e. The second-order valence-corrected chi connectivity index (χ2v) is 6.64. The van der Waals surface area contributed by atoms with Crippen molar-refractivity contribution in [1.82, 2.24) is 4.31 Å². The second kappa shape index (κ2) is 7.27. The first-order valence-corrected chi connectivity index (χ1v) is 8.60. The molecule has 108 valence electrons. The fourth-order valence-corrected chi connectivity index (χ4v) is 4.11. The lowest BCUT2D eigenvalue weighted by Gasteiger charge is -2.26. The number of hydrogen-bond donors (Lipinski definition) is 0. The van der Waals surface area contributed by atoms with Crippen molar-refractivity contribution < 1.29 is 8.42 Å². The Morgan fingerprint density at radius 2 is 1.68 bits per heavy atom. The Bertz CT molecular complexity index is 508. The van der Waals surface area contributed by atoms with Gasteiger partial charge in [-0.1, -0.05) is 37.9 Å². The van der Waals surface area contributed by atoms with Crippen molar-refractivity contribution >= 4 is 21.6 Å². The van der Waals surface area contributed by atoms with E-state index in [-0.39, 0.29) is 0 Å². The zero-order valence-electron chi connectivity index (χ0n) is 11.8. The van der Waals surface area contributed by atoms with Crippen molar-refractivity contribution in [2.75, 3.05) is 13.1 Å². The van der Waals surface area contributed by atoms with Gasteiger partial charge in [-0.05, 0) is 37.5 Å². The molecule has 0 saturated carbocycles. The van der Waals surface area contributed by atoms with Gasteiger partial charge in [-0.15, -0.1) is 0 Å². The Labute approximate surface area is 121 Å². The van der Waals surface area contributed by atoms with Gasteiger partial charge in [0.15, 0.2) is 0 Å². The largest absolute Gasteiger partial charge is 0.243 e. The number of benzene rings is 1. The maximum Gasteiger partial charge on any atom is 0.243 e. The average molecular weight is 304 g/mol. The number of rotatable bonds is 2. The summed E-state index contributed by atoms with van der Waals surface area (Å²) in [6, 6.07) is 5.03. The van der Waals surface area contributed by atoms with Gasteiger partial charge in [-0.25, -0.2) is 8.42 Å². The topological polar surface area (TPSA) is 37.4 Å². The molecule has 0 unspecified atom stereocenters. The molecule has 0 radical (unpaired) electrons. The third-order valence-corrected chi connectivity index (χ3v) is 5.60. The van der Waals surface area contributed by atoms with Crippen LogP contribution in [0.2, 0.25) is 5.02 Å². The van der Waals surface area contributed by atoms with Crippen LogP contribution in [-0.4, -0.2) is 25.8 Å². The zero-order chi connectivity index (χ0) is 14.5. The van der Waals surface area contributed by atoms with Gasteiger partial charge in [-0.3, -0.25) is 0 Å². The number of hydrogen-bond acceptors (Lipinski definition) is 2. The highest BCUT2D eigenvalue weighted by Gasteiger charge is 2.27. The molecule has 0 amide bonds. The third kappa shape index (κ3) is 3.71. The highest BCUT2D eigenvalue weighted by atomic mass is 35.5. The summed E-state index contributed by atoms with van der Waals surface area (Å²) in [5, 5.41) is 0.503. The van der Waals surface area contributed by atoms with E-state index in [1.54, 1.807) is 29.4 Å². The molecule has 5 heteroatoms. The minimum absolute atomic E-state index is 0.340. The Kier molecular flexibility index (Phi) is 6.30. The van der Waals surface area contributed by atoms with Crippen molar-refractivity contribution in [3.8, 4) is 0 Å². The molecule has 0 spiro atoms. The Morgan fingerprint density at radius 3 is 2.26 bits per heavy atom. The predicted octanol–water partition coefficient (Wildman–Crippen LogP) is 3.85. The monoisotopic (exact) mass is 303 g/mol. The van der Waals surface area contributed by atoms with Gasteiger partial charge in [0.1, 0.15) is 0 Å². The van der Waals surface area contributed by atoms with Crippen molar-refractivity contribution in [2.24, 2.45) is 0 Å². The number of piperidine rings is 1. The molecule has 1 aliphatic rings. The number of halogens is 1. The lowest BCUT2D eigenvalue weighted by molar-refractivity contribution is 0.346. The van der Waals surface area contributed by atoms with Crippen LogP contribution in [0.4, 0.5) is 0 Å².